The van der Waals surface area contributed by atoms with Crippen LogP contribution in [0.15, 0.2) is 12.3 Å². The van der Waals surface area contributed by atoms with E-state index in [1.54, 1.807) is 0 Å². The lowest BCUT2D eigenvalue weighted by atomic mass is 10.3. The van der Waals surface area contributed by atoms with Crippen LogP contribution in [-0.2, 0) is 26.3 Å². The molecule has 0 atom stereocenters. The fraction of sp³-hybridized carbons (Fsp3) is 0.400. The van der Waals surface area contributed by atoms with Gasteiger partial charge in [0, 0.05) is 13.0 Å². The van der Waals surface area contributed by atoms with Gasteiger partial charge in [-0.1, -0.05) is 0 Å². The van der Waals surface area contributed by atoms with E-state index >= 15 is 0 Å². The second kappa shape index (κ2) is 6.16. The Morgan fingerprint density at radius 1 is 1.33 bits per heavy atom. The Bertz CT molecular complexity index is 628. The Balaban J connectivity index is 3.09. The first kappa shape index (κ1) is 17.0. The number of alkyl halides is 3. The average molecular weight is 329 g/mol. The van der Waals surface area contributed by atoms with Crippen molar-refractivity contribution < 1.29 is 40.0 Å². The van der Waals surface area contributed by atoms with Crippen molar-refractivity contribution in [3.05, 3.63) is 18.0 Å². The van der Waals surface area contributed by atoms with Crippen LogP contribution in [-0.4, -0.2) is 32.0 Å². The lowest BCUT2D eigenvalue weighted by Gasteiger charge is -2.13. The Kier molecular flexibility index (Phi) is 4.99. The van der Waals surface area contributed by atoms with Crippen molar-refractivity contribution >= 4 is 16.1 Å². The molecule has 0 radical (unpaired) electrons. The predicted octanol–water partition coefficient (Wildman–Crippen LogP) is 1.38. The highest BCUT2D eigenvalue weighted by Gasteiger charge is 2.49. The van der Waals surface area contributed by atoms with Crippen LogP contribution in [0.4, 0.5) is 13.2 Å². The third-order valence-corrected chi connectivity index (χ3v) is 2.98. The molecule has 0 aliphatic heterocycles. The van der Waals surface area contributed by atoms with Crippen molar-refractivity contribution in [3.63, 3.8) is 0 Å². The number of nitrogens with zero attached hydrogens (tertiary/aromatic N) is 1. The summed E-state index contributed by atoms with van der Waals surface area (Å²) in [5.41, 5.74) is -5.60. The monoisotopic (exact) mass is 329 g/mol. The van der Waals surface area contributed by atoms with Gasteiger partial charge < -0.3 is 13.7 Å². The summed E-state index contributed by atoms with van der Waals surface area (Å²) in [5.74, 6) is -1.68. The van der Waals surface area contributed by atoms with Crippen molar-refractivity contribution in [1.82, 2.24) is 4.98 Å². The number of esters is 1. The van der Waals surface area contributed by atoms with Crippen LogP contribution < -0.4 is 8.92 Å². The zero-order valence-electron chi connectivity index (χ0n) is 10.8. The molecular formula is C10H10F3NO6S. The number of pyridine rings is 1. The first-order chi connectivity index (χ1) is 9.56. The van der Waals surface area contributed by atoms with Gasteiger partial charge in [-0.3, -0.25) is 9.78 Å². The third-order valence-electron chi connectivity index (χ3n) is 2.01. The van der Waals surface area contributed by atoms with Gasteiger partial charge in [0.1, 0.15) is 6.61 Å². The lowest BCUT2D eigenvalue weighted by molar-refractivity contribution is -0.142. The van der Waals surface area contributed by atoms with E-state index in [-0.39, 0.29) is 18.1 Å². The molecule has 7 nitrogen and oxygen atoms in total. The number of rotatable bonds is 5. The van der Waals surface area contributed by atoms with E-state index in [2.05, 4.69) is 18.6 Å². The zero-order valence-corrected chi connectivity index (χ0v) is 11.6. The Morgan fingerprint density at radius 3 is 2.43 bits per heavy atom. The van der Waals surface area contributed by atoms with E-state index in [1.807, 2.05) is 0 Å². The number of ether oxygens (including phenoxy) is 2. The van der Waals surface area contributed by atoms with Gasteiger partial charge in [0.2, 0.25) is 0 Å². The van der Waals surface area contributed by atoms with Crippen molar-refractivity contribution in [2.75, 3.05) is 7.11 Å². The lowest BCUT2D eigenvalue weighted by Crippen LogP contribution is -2.28. The van der Waals surface area contributed by atoms with E-state index < -0.39 is 27.3 Å². The van der Waals surface area contributed by atoms with E-state index in [4.69, 9.17) is 0 Å². The highest BCUT2D eigenvalue weighted by atomic mass is 32.2. The van der Waals surface area contributed by atoms with Crippen molar-refractivity contribution in [3.8, 4) is 11.5 Å². The summed E-state index contributed by atoms with van der Waals surface area (Å²) in [5, 5.41) is 0. The molecule has 1 rings (SSSR count). The number of carbonyl (C=O) groups excluding carboxylic acids is 1. The van der Waals surface area contributed by atoms with Crippen molar-refractivity contribution in [2.45, 2.75) is 19.0 Å². The standard InChI is InChI=1S/C10H10F3NO6S/c1-6(15)19-5-7-3-8(9(18-2)4-14-7)20-21(16,17)10(11,12)13/h3-4H,5H2,1-2H3. The van der Waals surface area contributed by atoms with Gasteiger partial charge in [-0.25, -0.2) is 0 Å². The van der Waals surface area contributed by atoms with Gasteiger partial charge in [-0.05, 0) is 0 Å². The van der Waals surface area contributed by atoms with Gasteiger partial charge >= 0.3 is 21.6 Å². The highest BCUT2D eigenvalue weighted by Crippen LogP contribution is 2.32. The van der Waals surface area contributed by atoms with Crippen molar-refractivity contribution in [1.29, 1.82) is 0 Å². The first-order valence-electron chi connectivity index (χ1n) is 5.24. The molecule has 0 saturated heterocycles. The van der Waals surface area contributed by atoms with Gasteiger partial charge in [0.05, 0.1) is 19.0 Å². The minimum atomic E-state index is -5.85. The van der Waals surface area contributed by atoms with Gasteiger partial charge in [0.25, 0.3) is 0 Å². The number of methoxy groups -OCH3 is 1. The average Bonchev–Trinajstić information content (AvgIpc) is 2.34. The fourth-order valence-electron chi connectivity index (χ4n) is 1.10. The topological polar surface area (TPSA) is 91.8 Å². The van der Waals surface area contributed by atoms with E-state index in [0.717, 1.165) is 26.3 Å². The normalized spacial score (nSPS) is 11.9. The molecule has 0 N–H and O–H groups in total. The molecule has 1 aromatic heterocycles. The van der Waals surface area contributed by atoms with Crippen LogP contribution in [0.3, 0.4) is 0 Å². The Morgan fingerprint density at radius 2 is 1.95 bits per heavy atom. The molecule has 0 bridgehead atoms. The molecule has 0 amide bonds. The first-order valence-corrected chi connectivity index (χ1v) is 6.64. The molecule has 21 heavy (non-hydrogen) atoms. The smallest absolute Gasteiger partial charge is 0.491 e. The summed E-state index contributed by atoms with van der Waals surface area (Å²) in [4.78, 5) is 14.4. The summed E-state index contributed by atoms with van der Waals surface area (Å²) in [6.07, 6.45) is 0.945. The summed E-state index contributed by atoms with van der Waals surface area (Å²) in [6.45, 7) is 0.761. The molecule has 1 heterocycles. The second-order valence-corrected chi connectivity index (χ2v) is 5.13. The maximum absolute atomic E-state index is 12.3. The molecule has 118 valence electrons. The predicted molar refractivity (Wildman–Crippen MR) is 61.9 cm³/mol. The largest absolute Gasteiger partial charge is 0.534 e. The minimum Gasteiger partial charge on any atom is -0.491 e. The maximum atomic E-state index is 12.3. The van der Waals surface area contributed by atoms with Crippen LogP contribution in [0.5, 0.6) is 11.5 Å². The number of carbonyl (C=O) groups is 1. The quantitative estimate of drug-likeness (QED) is 0.458. The SMILES string of the molecule is COc1cnc(COC(C)=O)cc1OS(=O)(=O)C(F)(F)F. The molecule has 0 fully saturated rings. The molecule has 0 aromatic carbocycles. The van der Waals surface area contributed by atoms with Crippen LogP contribution in [0.2, 0.25) is 0 Å². The molecular weight excluding hydrogens is 319 g/mol. The molecule has 11 heteroatoms. The molecule has 0 aliphatic rings. The summed E-state index contributed by atoms with van der Waals surface area (Å²) < 4.78 is 71.9. The zero-order chi connectivity index (χ0) is 16.3. The van der Waals surface area contributed by atoms with Gasteiger partial charge in [0.15, 0.2) is 11.5 Å². The fourth-order valence-corrected chi connectivity index (χ4v) is 1.56. The molecule has 0 aliphatic carbocycles. The van der Waals surface area contributed by atoms with Gasteiger partial charge in [-0.2, -0.15) is 21.6 Å². The van der Waals surface area contributed by atoms with Crippen molar-refractivity contribution in [2.24, 2.45) is 0 Å². The molecule has 0 saturated carbocycles. The number of hydrogen-bond acceptors (Lipinski definition) is 7. The number of halogens is 3. The molecule has 1 aromatic rings. The highest BCUT2D eigenvalue weighted by molar-refractivity contribution is 7.88. The Hall–Kier alpha value is -2.04. The third kappa shape index (κ3) is 4.48. The summed E-state index contributed by atoms with van der Waals surface area (Å²) >= 11 is 0. The van der Waals surface area contributed by atoms with Crippen LogP contribution in [0.1, 0.15) is 12.6 Å². The second-order valence-electron chi connectivity index (χ2n) is 3.59. The summed E-state index contributed by atoms with van der Waals surface area (Å²) in [7, 11) is -4.75. The van der Waals surface area contributed by atoms with E-state index in [9.17, 15) is 26.4 Å². The Labute approximate surface area is 117 Å². The number of hydrogen-bond donors (Lipinski definition) is 0. The van der Waals surface area contributed by atoms with E-state index in [0.29, 0.717) is 0 Å². The van der Waals surface area contributed by atoms with E-state index in [1.165, 1.54) is 0 Å². The minimum absolute atomic E-state index is 0.0154. The molecule has 0 unspecified atom stereocenters. The summed E-state index contributed by atoms with van der Waals surface area (Å²) in [6, 6.07) is 0.866. The van der Waals surface area contributed by atoms with Gasteiger partial charge in [-0.15, -0.1) is 0 Å². The number of aromatic nitrogens is 1. The van der Waals surface area contributed by atoms with Crippen LogP contribution in [0.25, 0.3) is 0 Å². The van der Waals surface area contributed by atoms with Crippen LogP contribution in [0, 0.1) is 0 Å². The van der Waals surface area contributed by atoms with Crippen LogP contribution >= 0.6 is 0 Å². The maximum Gasteiger partial charge on any atom is 0.534 e. The molecule has 0 spiro atoms.